The first-order valence-corrected chi connectivity index (χ1v) is 10.8. The average molecular weight is 434 g/mol. The number of benzene rings is 2. The van der Waals surface area contributed by atoms with Crippen LogP contribution in [-0.4, -0.2) is 33.7 Å². The normalized spacial score (nSPS) is 13.4. The van der Waals surface area contributed by atoms with Crippen molar-refractivity contribution in [2.24, 2.45) is 0 Å². The smallest absolute Gasteiger partial charge is 0.312 e. The molecular formula is C24H27N5O3. The number of nitrogens with one attached hydrogen (secondary N) is 1. The fourth-order valence-corrected chi connectivity index (χ4v) is 4.19. The Morgan fingerprint density at radius 3 is 2.38 bits per heavy atom. The van der Waals surface area contributed by atoms with Crippen LogP contribution in [0, 0.1) is 30.9 Å². The topological polar surface area (TPSA) is 93.3 Å². The summed E-state index contributed by atoms with van der Waals surface area (Å²) in [4.78, 5) is 25.9. The van der Waals surface area contributed by atoms with E-state index in [0.717, 1.165) is 29.9 Å². The predicted molar refractivity (Wildman–Crippen MR) is 124 cm³/mol. The van der Waals surface area contributed by atoms with Crippen molar-refractivity contribution in [2.45, 2.75) is 40.2 Å². The molecule has 1 fully saturated rings. The molecule has 0 radical (unpaired) electrons. The molecule has 0 atom stereocenters. The van der Waals surface area contributed by atoms with Crippen LogP contribution in [-0.2, 0) is 6.54 Å². The van der Waals surface area contributed by atoms with Crippen LogP contribution in [0.2, 0.25) is 0 Å². The molecule has 1 amide bonds. The summed E-state index contributed by atoms with van der Waals surface area (Å²) in [5, 5.41) is 18.5. The Balaban J connectivity index is 1.43. The number of anilines is 2. The summed E-state index contributed by atoms with van der Waals surface area (Å²) < 4.78 is 1.62. The van der Waals surface area contributed by atoms with E-state index in [1.54, 1.807) is 30.7 Å². The number of carbonyl (C=O) groups excluding carboxylic acids is 1. The van der Waals surface area contributed by atoms with Gasteiger partial charge in [-0.1, -0.05) is 12.1 Å². The summed E-state index contributed by atoms with van der Waals surface area (Å²) in [7, 11) is 0. The van der Waals surface area contributed by atoms with Gasteiger partial charge in [0.1, 0.15) is 11.4 Å². The highest BCUT2D eigenvalue weighted by Crippen LogP contribution is 2.26. The molecule has 4 rings (SSSR count). The molecule has 0 aliphatic carbocycles. The second-order valence-corrected chi connectivity index (χ2v) is 8.28. The number of rotatable bonds is 6. The van der Waals surface area contributed by atoms with Crippen molar-refractivity contribution in [3.8, 4) is 0 Å². The molecule has 3 aromatic rings. The summed E-state index contributed by atoms with van der Waals surface area (Å²) in [5.74, 6) is -0.171. The molecule has 2 heterocycles. The van der Waals surface area contributed by atoms with E-state index in [4.69, 9.17) is 0 Å². The predicted octanol–water partition coefficient (Wildman–Crippen LogP) is 4.62. The molecule has 1 aromatic heterocycles. The van der Waals surface area contributed by atoms with E-state index in [9.17, 15) is 14.9 Å². The van der Waals surface area contributed by atoms with Crippen LogP contribution in [0.3, 0.4) is 0 Å². The monoisotopic (exact) mass is 433 g/mol. The summed E-state index contributed by atoms with van der Waals surface area (Å²) in [6.45, 7) is 7.91. The number of hydrogen-bond acceptors (Lipinski definition) is 5. The quantitative estimate of drug-likeness (QED) is 0.452. The lowest BCUT2D eigenvalue weighted by Crippen LogP contribution is -2.18. The fourth-order valence-electron chi connectivity index (χ4n) is 4.19. The summed E-state index contributed by atoms with van der Waals surface area (Å²) in [6.07, 6.45) is 2.45. The van der Waals surface area contributed by atoms with Gasteiger partial charge in [0.2, 0.25) is 0 Å². The molecule has 1 aliphatic heterocycles. The highest BCUT2D eigenvalue weighted by atomic mass is 16.6. The third-order valence-corrected chi connectivity index (χ3v) is 6.00. The van der Waals surface area contributed by atoms with Gasteiger partial charge < -0.3 is 10.2 Å². The number of nitrogens with zero attached hydrogens (tertiary/aromatic N) is 4. The lowest BCUT2D eigenvalue weighted by Gasteiger charge is -2.19. The van der Waals surface area contributed by atoms with Crippen LogP contribution in [0.4, 0.5) is 17.1 Å². The minimum Gasteiger partial charge on any atom is -0.372 e. The molecule has 8 heteroatoms. The van der Waals surface area contributed by atoms with Crippen molar-refractivity contribution < 1.29 is 9.72 Å². The van der Waals surface area contributed by atoms with Gasteiger partial charge in [-0.2, -0.15) is 5.10 Å². The Kier molecular flexibility index (Phi) is 5.94. The molecule has 166 valence electrons. The van der Waals surface area contributed by atoms with E-state index in [2.05, 4.69) is 27.4 Å². The number of aryl methyl sites for hydroxylation is 2. The molecule has 8 nitrogen and oxygen atoms in total. The fraction of sp³-hybridized carbons (Fsp3) is 0.333. The number of aromatic nitrogens is 2. The Labute approximate surface area is 187 Å². The van der Waals surface area contributed by atoms with E-state index in [0.29, 0.717) is 23.5 Å². The molecule has 32 heavy (non-hydrogen) atoms. The van der Waals surface area contributed by atoms with Crippen LogP contribution in [0.1, 0.15) is 45.7 Å². The lowest BCUT2D eigenvalue weighted by atomic mass is 10.1. The summed E-state index contributed by atoms with van der Waals surface area (Å²) >= 11 is 0. The van der Waals surface area contributed by atoms with Crippen LogP contribution < -0.4 is 10.2 Å². The van der Waals surface area contributed by atoms with Crippen molar-refractivity contribution in [1.29, 1.82) is 0 Å². The largest absolute Gasteiger partial charge is 0.372 e. The molecular weight excluding hydrogens is 406 g/mol. The van der Waals surface area contributed by atoms with Gasteiger partial charge in [0.15, 0.2) is 0 Å². The maximum atomic E-state index is 12.7. The zero-order valence-electron chi connectivity index (χ0n) is 18.6. The Morgan fingerprint density at radius 2 is 1.78 bits per heavy atom. The van der Waals surface area contributed by atoms with Crippen LogP contribution in [0.5, 0.6) is 0 Å². The van der Waals surface area contributed by atoms with Crippen LogP contribution >= 0.6 is 0 Å². The van der Waals surface area contributed by atoms with Crippen molar-refractivity contribution in [2.75, 3.05) is 23.3 Å². The van der Waals surface area contributed by atoms with Crippen molar-refractivity contribution in [3.05, 3.63) is 80.7 Å². The SMILES string of the molecule is Cc1cc(N2CCCC2)ccc1NC(=O)c1ccc(Cn2nc(C)c([N+](=O)[O-])c2C)cc1. The molecule has 2 aromatic carbocycles. The van der Waals surface area contributed by atoms with Gasteiger partial charge in [-0.3, -0.25) is 19.6 Å². The maximum absolute atomic E-state index is 12.7. The average Bonchev–Trinajstić information content (AvgIpc) is 3.38. The van der Waals surface area contributed by atoms with E-state index >= 15 is 0 Å². The molecule has 1 aliphatic rings. The van der Waals surface area contributed by atoms with Crippen molar-refractivity contribution >= 4 is 23.0 Å². The lowest BCUT2D eigenvalue weighted by molar-refractivity contribution is -0.386. The first kappa shape index (κ1) is 21.5. The molecule has 0 saturated carbocycles. The number of carbonyl (C=O) groups is 1. The second-order valence-electron chi connectivity index (χ2n) is 8.28. The van der Waals surface area contributed by atoms with E-state index < -0.39 is 4.92 Å². The van der Waals surface area contributed by atoms with Gasteiger partial charge in [-0.05, 0) is 75.1 Å². The van der Waals surface area contributed by atoms with E-state index in [1.807, 2.05) is 25.1 Å². The molecule has 0 bridgehead atoms. The maximum Gasteiger partial charge on any atom is 0.312 e. The summed E-state index contributed by atoms with van der Waals surface area (Å²) in [6, 6.07) is 13.4. The molecule has 1 saturated heterocycles. The van der Waals surface area contributed by atoms with Gasteiger partial charge in [0.05, 0.1) is 11.5 Å². The van der Waals surface area contributed by atoms with Crippen LogP contribution in [0.15, 0.2) is 42.5 Å². The third kappa shape index (κ3) is 4.34. The van der Waals surface area contributed by atoms with Gasteiger partial charge in [-0.25, -0.2) is 0 Å². The van der Waals surface area contributed by atoms with E-state index in [-0.39, 0.29) is 11.6 Å². The zero-order valence-corrected chi connectivity index (χ0v) is 18.6. The van der Waals surface area contributed by atoms with Crippen LogP contribution in [0.25, 0.3) is 0 Å². The first-order chi connectivity index (χ1) is 15.3. The second kappa shape index (κ2) is 8.82. The highest BCUT2D eigenvalue weighted by molar-refractivity contribution is 6.04. The Hall–Kier alpha value is -3.68. The van der Waals surface area contributed by atoms with Gasteiger partial charge >= 0.3 is 5.69 Å². The third-order valence-electron chi connectivity index (χ3n) is 6.00. The Morgan fingerprint density at radius 1 is 1.09 bits per heavy atom. The van der Waals surface area contributed by atoms with Crippen molar-refractivity contribution in [3.63, 3.8) is 0 Å². The number of nitro groups is 1. The van der Waals surface area contributed by atoms with Crippen molar-refractivity contribution in [1.82, 2.24) is 9.78 Å². The number of amides is 1. The molecule has 0 spiro atoms. The minimum atomic E-state index is -0.402. The highest BCUT2D eigenvalue weighted by Gasteiger charge is 2.21. The minimum absolute atomic E-state index is 0.0483. The molecule has 1 N–H and O–H groups in total. The van der Waals surface area contributed by atoms with Gasteiger partial charge in [0.25, 0.3) is 5.91 Å². The number of hydrogen-bond donors (Lipinski definition) is 1. The Bertz CT molecular complexity index is 1160. The first-order valence-electron chi connectivity index (χ1n) is 10.8. The zero-order chi connectivity index (χ0) is 22.8. The molecule has 0 unspecified atom stereocenters. The van der Waals surface area contributed by atoms with Gasteiger partial charge in [0, 0.05) is 30.0 Å². The summed E-state index contributed by atoms with van der Waals surface area (Å²) in [5.41, 5.74) is 5.46. The van der Waals surface area contributed by atoms with E-state index in [1.165, 1.54) is 18.5 Å². The standard InChI is InChI=1S/C24H27N5O3/c1-16-14-21(27-12-4-5-13-27)10-11-22(16)25-24(30)20-8-6-19(7-9-20)15-28-18(3)23(29(31)32)17(2)26-28/h6-11,14H,4-5,12-13,15H2,1-3H3,(H,25,30). The van der Waals surface area contributed by atoms with Gasteiger partial charge in [-0.15, -0.1) is 0 Å².